The molecule has 0 aliphatic carbocycles. The van der Waals surface area contributed by atoms with Crippen molar-refractivity contribution in [3.05, 3.63) is 192 Å². The molecule has 0 saturated carbocycles. The maximum absolute atomic E-state index is 13.9. The third kappa shape index (κ3) is 6.77. The van der Waals surface area contributed by atoms with Crippen molar-refractivity contribution in [1.82, 2.24) is 9.80 Å². The normalized spacial score (nSPS) is 14.4. The number of hydrogen-bond donors (Lipinski definition) is 0. The SMILES string of the molecule is CCCN1C(=O)C(c2cccc3c2sc2ccccc23)=C(c2cccc3c2sc2ccccc23)C1=O.CCCN1C(=O)C(c2cccc3c2sc2ccccc23)=C(c2cccc3c2sc2ccccc23)C1=O. The number of carbonyl (C=O) groups excluding carboxylic acids is 4. The molecule has 0 spiro atoms. The fourth-order valence-electron chi connectivity index (χ4n) is 10.8. The molecule has 348 valence electrons. The first-order chi connectivity index (χ1) is 35.3. The number of benzene rings is 8. The number of hydrogen-bond acceptors (Lipinski definition) is 8. The van der Waals surface area contributed by atoms with Gasteiger partial charge in [-0.15, -0.1) is 45.3 Å². The Bertz CT molecular complexity index is 3820. The van der Waals surface area contributed by atoms with E-state index >= 15 is 0 Å². The molecule has 0 unspecified atom stereocenters. The van der Waals surface area contributed by atoms with E-state index in [1.54, 1.807) is 45.3 Å². The summed E-state index contributed by atoms with van der Waals surface area (Å²) in [4.78, 5) is 58.5. The molecular formula is C62H42N2O4S4. The van der Waals surface area contributed by atoms with Crippen molar-refractivity contribution >= 4 is 172 Å². The Hall–Kier alpha value is -7.60. The molecule has 4 amide bonds. The number of nitrogens with zero attached hydrogens (tertiary/aromatic N) is 2. The zero-order chi connectivity index (χ0) is 48.8. The summed E-state index contributed by atoms with van der Waals surface area (Å²) in [6.07, 6.45) is 1.44. The van der Waals surface area contributed by atoms with Gasteiger partial charge in [0.1, 0.15) is 0 Å². The van der Waals surface area contributed by atoms with E-state index in [1.165, 1.54) is 50.1 Å². The molecule has 10 heteroatoms. The van der Waals surface area contributed by atoms with Gasteiger partial charge in [0.15, 0.2) is 0 Å². The van der Waals surface area contributed by atoms with Crippen LogP contribution in [0.5, 0.6) is 0 Å². The molecule has 0 saturated heterocycles. The molecule has 0 atom stereocenters. The molecule has 0 bridgehead atoms. The molecule has 4 aromatic heterocycles. The molecule has 6 nitrogen and oxygen atoms in total. The van der Waals surface area contributed by atoms with Gasteiger partial charge in [-0.25, -0.2) is 0 Å². The van der Waals surface area contributed by atoms with E-state index in [1.807, 2.05) is 111 Å². The van der Waals surface area contributed by atoms with E-state index < -0.39 is 0 Å². The van der Waals surface area contributed by atoms with Crippen molar-refractivity contribution in [2.75, 3.05) is 13.1 Å². The molecule has 6 heterocycles. The summed E-state index contributed by atoms with van der Waals surface area (Å²) < 4.78 is 8.91. The fourth-order valence-corrected chi connectivity index (χ4v) is 15.7. The number of fused-ring (bicyclic) bond motifs is 12. The molecule has 72 heavy (non-hydrogen) atoms. The summed E-state index contributed by atoms with van der Waals surface area (Å²) in [5.41, 5.74) is 5.48. The molecule has 8 aromatic carbocycles. The first kappa shape index (κ1) is 44.3. The lowest BCUT2D eigenvalue weighted by Gasteiger charge is -2.13. The van der Waals surface area contributed by atoms with E-state index in [9.17, 15) is 19.2 Å². The van der Waals surface area contributed by atoms with Gasteiger partial charge in [0, 0.05) is 116 Å². The van der Waals surface area contributed by atoms with Crippen LogP contribution in [0.25, 0.3) is 103 Å². The van der Waals surface area contributed by atoms with Crippen LogP contribution in [-0.4, -0.2) is 46.5 Å². The minimum absolute atomic E-state index is 0.195. The van der Waals surface area contributed by atoms with Crippen LogP contribution in [-0.2, 0) is 19.2 Å². The Labute approximate surface area is 430 Å². The summed E-state index contributed by atoms with van der Waals surface area (Å²) in [5.74, 6) is -0.778. The standard InChI is InChI=1S/2C31H21NO2S2/c2*1-2-17-32-30(33)26(22-13-7-11-20-18-9-3-5-15-24(18)35-28(20)22)27(31(32)34)23-14-8-12-21-19-10-4-6-16-25(19)36-29(21)23/h2*3-16H,2,17H2,1H3. The van der Waals surface area contributed by atoms with E-state index in [2.05, 4.69) is 72.8 Å². The molecule has 0 fully saturated rings. The van der Waals surface area contributed by atoms with Crippen LogP contribution in [0.2, 0.25) is 0 Å². The van der Waals surface area contributed by atoms with Gasteiger partial charge < -0.3 is 0 Å². The first-order valence-corrected chi connectivity index (χ1v) is 27.4. The van der Waals surface area contributed by atoms with Gasteiger partial charge in [0.05, 0.1) is 22.3 Å². The lowest BCUT2D eigenvalue weighted by atomic mass is 9.94. The highest BCUT2D eigenvalue weighted by molar-refractivity contribution is 7.27. The van der Waals surface area contributed by atoms with Crippen molar-refractivity contribution < 1.29 is 19.2 Å². The Balaban J connectivity index is 0.000000140. The lowest BCUT2D eigenvalue weighted by Crippen LogP contribution is -2.32. The highest BCUT2D eigenvalue weighted by atomic mass is 32.1. The molecule has 2 aliphatic heterocycles. The third-order valence-corrected chi connectivity index (χ3v) is 18.8. The lowest BCUT2D eigenvalue weighted by molar-refractivity contribution is -0.137. The number of imide groups is 2. The monoisotopic (exact) mass is 1010 g/mol. The van der Waals surface area contributed by atoms with Gasteiger partial charge in [0.2, 0.25) is 0 Å². The van der Waals surface area contributed by atoms with Crippen LogP contribution in [0.4, 0.5) is 0 Å². The van der Waals surface area contributed by atoms with Crippen molar-refractivity contribution in [1.29, 1.82) is 0 Å². The van der Waals surface area contributed by atoms with Crippen LogP contribution in [0.15, 0.2) is 170 Å². The molecule has 0 radical (unpaired) electrons. The summed E-state index contributed by atoms with van der Waals surface area (Å²) in [5, 5.41) is 9.18. The Kier molecular flexibility index (Phi) is 10.8. The number of amides is 4. The number of carbonyl (C=O) groups is 4. The van der Waals surface area contributed by atoms with Crippen LogP contribution in [0.3, 0.4) is 0 Å². The Morgan fingerprint density at radius 2 is 0.514 bits per heavy atom. The maximum atomic E-state index is 13.9. The molecule has 0 N–H and O–H groups in total. The first-order valence-electron chi connectivity index (χ1n) is 24.2. The van der Waals surface area contributed by atoms with Crippen LogP contribution in [0.1, 0.15) is 48.9 Å². The fraction of sp³-hybridized carbons (Fsp3) is 0.0968. The molecular weight excluding hydrogens is 965 g/mol. The van der Waals surface area contributed by atoms with E-state index in [-0.39, 0.29) is 23.6 Å². The summed E-state index contributed by atoms with van der Waals surface area (Å²) >= 11 is 6.74. The van der Waals surface area contributed by atoms with E-state index in [0.29, 0.717) is 35.4 Å². The predicted molar refractivity (Wildman–Crippen MR) is 305 cm³/mol. The highest BCUT2D eigenvalue weighted by Crippen LogP contribution is 2.48. The highest BCUT2D eigenvalue weighted by Gasteiger charge is 2.42. The maximum Gasteiger partial charge on any atom is 0.262 e. The third-order valence-electron chi connectivity index (χ3n) is 13.9. The second-order valence-corrected chi connectivity index (χ2v) is 22.4. The molecule has 14 rings (SSSR count). The van der Waals surface area contributed by atoms with Crippen LogP contribution in [0, 0.1) is 0 Å². The molecule has 2 aliphatic rings. The van der Waals surface area contributed by atoms with Crippen LogP contribution < -0.4 is 0 Å². The van der Waals surface area contributed by atoms with Crippen molar-refractivity contribution in [2.24, 2.45) is 0 Å². The van der Waals surface area contributed by atoms with Gasteiger partial charge in [-0.1, -0.05) is 159 Å². The second kappa shape index (κ2) is 17.6. The number of thiophene rings is 4. The zero-order valence-electron chi connectivity index (χ0n) is 39.2. The van der Waals surface area contributed by atoms with Crippen molar-refractivity contribution in [2.45, 2.75) is 26.7 Å². The smallest absolute Gasteiger partial charge is 0.262 e. The zero-order valence-corrected chi connectivity index (χ0v) is 42.4. The quantitative estimate of drug-likeness (QED) is 0.142. The van der Waals surface area contributed by atoms with Crippen molar-refractivity contribution in [3.63, 3.8) is 0 Å². The largest absolute Gasteiger partial charge is 0.274 e. The van der Waals surface area contributed by atoms with Gasteiger partial charge in [-0.2, -0.15) is 0 Å². The van der Waals surface area contributed by atoms with E-state index in [4.69, 9.17) is 0 Å². The van der Waals surface area contributed by atoms with Gasteiger partial charge in [0.25, 0.3) is 23.6 Å². The Morgan fingerprint density at radius 3 is 0.750 bits per heavy atom. The minimum Gasteiger partial charge on any atom is -0.274 e. The minimum atomic E-state index is -0.195. The summed E-state index contributed by atoms with van der Waals surface area (Å²) in [6, 6.07) is 57.7. The summed E-state index contributed by atoms with van der Waals surface area (Å²) in [6.45, 7) is 4.82. The summed E-state index contributed by atoms with van der Waals surface area (Å²) in [7, 11) is 0. The van der Waals surface area contributed by atoms with Gasteiger partial charge >= 0.3 is 0 Å². The van der Waals surface area contributed by atoms with Crippen molar-refractivity contribution in [3.8, 4) is 0 Å². The van der Waals surface area contributed by atoms with Gasteiger partial charge in [-0.3, -0.25) is 29.0 Å². The average Bonchev–Trinajstić information content (AvgIpc) is 4.26. The van der Waals surface area contributed by atoms with Crippen LogP contribution >= 0.6 is 45.3 Å². The Morgan fingerprint density at radius 1 is 0.292 bits per heavy atom. The van der Waals surface area contributed by atoms with Gasteiger partial charge in [-0.05, 0) is 37.1 Å². The predicted octanol–water partition coefficient (Wildman–Crippen LogP) is 16.2. The second-order valence-electron chi connectivity index (χ2n) is 18.1. The topological polar surface area (TPSA) is 74.8 Å². The van der Waals surface area contributed by atoms with E-state index in [0.717, 1.165) is 75.4 Å². The average molecular weight is 1010 g/mol. The molecule has 12 aromatic rings. The number of rotatable bonds is 8.